The zero-order valence-electron chi connectivity index (χ0n) is 17.0. The highest BCUT2D eigenvalue weighted by Crippen LogP contribution is 2.32. The van der Waals surface area contributed by atoms with Gasteiger partial charge in [0.15, 0.2) is 5.58 Å². The first kappa shape index (κ1) is 18.9. The molecule has 2 aromatic heterocycles. The lowest BCUT2D eigenvalue weighted by molar-refractivity contribution is -0.120. The van der Waals surface area contributed by atoms with Gasteiger partial charge in [0.2, 0.25) is 11.8 Å². The highest BCUT2D eigenvalue weighted by atomic mass is 16.3. The summed E-state index contributed by atoms with van der Waals surface area (Å²) in [5.41, 5.74) is 6.16. The minimum absolute atomic E-state index is 0.0341. The zero-order chi connectivity index (χ0) is 20.6. The summed E-state index contributed by atoms with van der Waals surface area (Å²) in [5, 5.41) is 10.3. The summed E-state index contributed by atoms with van der Waals surface area (Å²) in [4.78, 5) is 16.1. The number of carbonyl (C=O) groups excluding carboxylic acids is 1. The molecule has 148 valence electrons. The fraction of sp³-hybridized carbons (Fsp3) is 0.261. The van der Waals surface area contributed by atoms with Crippen molar-refractivity contribution in [2.45, 2.75) is 39.7 Å². The Bertz CT molecular complexity index is 1190. The third kappa shape index (κ3) is 4.06. The van der Waals surface area contributed by atoms with Crippen LogP contribution >= 0.6 is 0 Å². The number of hydrogen-bond acceptors (Lipinski definition) is 4. The molecule has 6 nitrogen and oxygen atoms in total. The first-order chi connectivity index (χ1) is 13.8. The number of aryl methyl sites for hydroxylation is 1. The smallest absolute Gasteiger partial charge is 0.231 e. The number of aromatic amines is 1. The van der Waals surface area contributed by atoms with E-state index < -0.39 is 0 Å². The molecule has 2 aromatic carbocycles. The zero-order valence-corrected chi connectivity index (χ0v) is 17.0. The number of nitrogens with one attached hydrogen (secondary N) is 2. The maximum Gasteiger partial charge on any atom is 0.231 e. The van der Waals surface area contributed by atoms with E-state index in [4.69, 9.17) is 4.42 Å². The lowest BCUT2D eigenvalue weighted by Crippen LogP contribution is -2.43. The molecule has 0 radical (unpaired) electrons. The Morgan fingerprint density at radius 1 is 1.21 bits per heavy atom. The number of oxazole rings is 1. The number of carbonyl (C=O) groups is 1. The third-order valence-electron chi connectivity index (χ3n) is 4.79. The van der Waals surface area contributed by atoms with Gasteiger partial charge in [-0.05, 0) is 56.5 Å². The van der Waals surface area contributed by atoms with Gasteiger partial charge in [-0.3, -0.25) is 9.89 Å². The highest BCUT2D eigenvalue weighted by molar-refractivity contribution is 5.82. The summed E-state index contributed by atoms with van der Waals surface area (Å²) in [7, 11) is 0. The quantitative estimate of drug-likeness (QED) is 0.521. The van der Waals surface area contributed by atoms with Crippen molar-refractivity contribution in [2.24, 2.45) is 0 Å². The summed E-state index contributed by atoms with van der Waals surface area (Å²) in [6, 6.07) is 14.2. The van der Waals surface area contributed by atoms with Crippen molar-refractivity contribution in [3.05, 3.63) is 59.8 Å². The molecule has 0 spiro atoms. The SMILES string of the molecule is CC(=O)NC(C)(C)Cc1cccc(-c2[nH]ncc2-c2nc3ccc(C)cc3o2)c1. The summed E-state index contributed by atoms with van der Waals surface area (Å²) >= 11 is 0. The fourth-order valence-electron chi connectivity index (χ4n) is 3.68. The lowest BCUT2D eigenvalue weighted by Gasteiger charge is -2.26. The number of fused-ring (bicyclic) bond motifs is 1. The summed E-state index contributed by atoms with van der Waals surface area (Å²) in [5.74, 6) is 0.506. The van der Waals surface area contributed by atoms with Gasteiger partial charge in [0.05, 0.1) is 17.5 Å². The molecule has 29 heavy (non-hydrogen) atoms. The van der Waals surface area contributed by atoms with Crippen molar-refractivity contribution < 1.29 is 9.21 Å². The number of benzene rings is 2. The number of aromatic nitrogens is 3. The van der Waals surface area contributed by atoms with Crippen molar-refractivity contribution >= 4 is 17.0 Å². The highest BCUT2D eigenvalue weighted by Gasteiger charge is 2.20. The molecule has 0 atom stereocenters. The van der Waals surface area contributed by atoms with E-state index in [1.54, 1.807) is 6.20 Å². The van der Waals surface area contributed by atoms with Crippen LogP contribution in [0.15, 0.2) is 53.1 Å². The average molecular weight is 388 g/mol. The number of H-pyrrole nitrogens is 1. The maximum absolute atomic E-state index is 11.5. The van der Waals surface area contributed by atoms with E-state index in [0.717, 1.165) is 39.0 Å². The van der Waals surface area contributed by atoms with Gasteiger partial charge in [-0.25, -0.2) is 4.98 Å². The second-order valence-corrected chi connectivity index (χ2v) is 8.09. The molecular weight excluding hydrogens is 364 g/mol. The Labute approximate surface area is 169 Å². The van der Waals surface area contributed by atoms with Crippen molar-refractivity contribution in [1.82, 2.24) is 20.5 Å². The predicted octanol–water partition coefficient (Wildman–Crippen LogP) is 4.65. The van der Waals surface area contributed by atoms with Crippen LogP contribution in [0.1, 0.15) is 31.9 Å². The van der Waals surface area contributed by atoms with E-state index in [0.29, 0.717) is 12.3 Å². The largest absolute Gasteiger partial charge is 0.436 e. The summed E-state index contributed by atoms with van der Waals surface area (Å²) in [6.45, 7) is 7.60. The van der Waals surface area contributed by atoms with Crippen LogP contribution in [0.3, 0.4) is 0 Å². The first-order valence-corrected chi connectivity index (χ1v) is 9.60. The predicted molar refractivity (Wildman–Crippen MR) is 113 cm³/mol. The molecular formula is C23H24N4O2. The maximum atomic E-state index is 11.5. The van der Waals surface area contributed by atoms with Crippen LogP contribution in [0.4, 0.5) is 0 Å². The third-order valence-corrected chi connectivity index (χ3v) is 4.79. The first-order valence-electron chi connectivity index (χ1n) is 9.60. The van der Waals surface area contributed by atoms with Crippen LogP contribution < -0.4 is 5.32 Å². The Morgan fingerprint density at radius 3 is 2.83 bits per heavy atom. The molecule has 0 bridgehead atoms. The minimum Gasteiger partial charge on any atom is -0.436 e. The van der Waals surface area contributed by atoms with E-state index in [-0.39, 0.29) is 11.4 Å². The average Bonchev–Trinajstić information content (AvgIpc) is 3.26. The molecule has 4 aromatic rings. The van der Waals surface area contributed by atoms with Crippen LogP contribution in [0, 0.1) is 6.92 Å². The molecule has 2 heterocycles. The number of rotatable bonds is 5. The summed E-state index contributed by atoms with van der Waals surface area (Å²) in [6.07, 6.45) is 2.45. The molecule has 0 aliphatic carbocycles. The van der Waals surface area contributed by atoms with Crippen LogP contribution in [-0.2, 0) is 11.2 Å². The van der Waals surface area contributed by atoms with Gasteiger partial charge in [-0.1, -0.05) is 24.3 Å². The summed E-state index contributed by atoms with van der Waals surface area (Å²) < 4.78 is 5.99. The van der Waals surface area contributed by atoms with Crippen molar-refractivity contribution in [2.75, 3.05) is 0 Å². The Balaban J connectivity index is 1.68. The van der Waals surface area contributed by atoms with E-state index in [2.05, 4.69) is 32.6 Å². The lowest BCUT2D eigenvalue weighted by atomic mass is 9.93. The molecule has 0 fully saturated rings. The van der Waals surface area contributed by atoms with Crippen LogP contribution in [0.5, 0.6) is 0 Å². The number of hydrogen-bond donors (Lipinski definition) is 2. The van der Waals surface area contributed by atoms with Gasteiger partial charge < -0.3 is 9.73 Å². The molecule has 0 aliphatic heterocycles. The van der Waals surface area contributed by atoms with Crippen LogP contribution in [-0.4, -0.2) is 26.6 Å². The molecule has 2 N–H and O–H groups in total. The number of amides is 1. The van der Waals surface area contributed by atoms with E-state index in [1.807, 2.05) is 51.1 Å². The molecule has 1 amide bonds. The molecule has 0 saturated heterocycles. The Kier molecular flexibility index (Phi) is 4.70. The normalized spacial score (nSPS) is 11.7. The topological polar surface area (TPSA) is 83.8 Å². The van der Waals surface area contributed by atoms with Crippen LogP contribution in [0.25, 0.3) is 33.8 Å². The molecule has 0 saturated carbocycles. The van der Waals surface area contributed by atoms with Gasteiger partial charge in [0, 0.05) is 18.0 Å². The van der Waals surface area contributed by atoms with Gasteiger partial charge >= 0.3 is 0 Å². The Morgan fingerprint density at radius 2 is 2.03 bits per heavy atom. The van der Waals surface area contributed by atoms with Gasteiger partial charge in [-0.15, -0.1) is 0 Å². The number of nitrogens with zero attached hydrogens (tertiary/aromatic N) is 2. The van der Waals surface area contributed by atoms with Crippen molar-refractivity contribution in [1.29, 1.82) is 0 Å². The molecule has 0 unspecified atom stereocenters. The second kappa shape index (κ2) is 7.20. The second-order valence-electron chi connectivity index (χ2n) is 8.09. The molecule has 6 heteroatoms. The van der Waals surface area contributed by atoms with E-state index in [1.165, 1.54) is 6.92 Å². The van der Waals surface area contributed by atoms with Gasteiger partial charge in [0.1, 0.15) is 5.52 Å². The monoisotopic (exact) mass is 388 g/mol. The molecule has 0 aliphatic rings. The van der Waals surface area contributed by atoms with E-state index >= 15 is 0 Å². The minimum atomic E-state index is -0.334. The van der Waals surface area contributed by atoms with Gasteiger partial charge in [-0.2, -0.15) is 5.10 Å². The fourth-order valence-corrected chi connectivity index (χ4v) is 3.68. The van der Waals surface area contributed by atoms with E-state index in [9.17, 15) is 4.79 Å². The molecule has 4 rings (SSSR count). The van der Waals surface area contributed by atoms with Crippen molar-refractivity contribution in [3.63, 3.8) is 0 Å². The van der Waals surface area contributed by atoms with Crippen LogP contribution in [0.2, 0.25) is 0 Å². The Hall–Kier alpha value is -3.41. The standard InChI is InChI=1S/C23H24N4O2/c1-14-8-9-19-20(10-14)29-22(25-19)18-13-24-27-21(18)17-7-5-6-16(11-17)12-23(3,4)26-15(2)28/h5-11,13H,12H2,1-4H3,(H,24,27)(H,26,28). The van der Waals surface area contributed by atoms with Crippen molar-refractivity contribution in [3.8, 4) is 22.7 Å². The van der Waals surface area contributed by atoms with Gasteiger partial charge in [0.25, 0.3) is 0 Å².